The molecule has 116 valence electrons. The molecule has 0 spiro atoms. The fraction of sp³-hybridized carbons (Fsp3) is 0.867. The molecule has 20 heavy (non-hydrogen) atoms. The van der Waals surface area contributed by atoms with Crippen LogP contribution in [0.25, 0.3) is 0 Å². The van der Waals surface area contributed by atoms with Gasteiger partial charge in [-0.2, -0.15) is 0 Å². The van der Waals surface area contributed by atoms with Crippen molar-refractivity contribution in [2.24, 2.45) is 11.3 Å². The lowest BCUT2D eigenvalue weighted by Crippen LogP contribution is -2.52. The molecule has 1 fully saturated rings. The highest BCUT2D eigenvalue weighted by Crippen LogP contribution is 2.29. The highest BCUT2D eigenvalue weighted by atomic mass is 16.2. The standard InChI is InChI=1S/C15H29N3O2/c1-6-15(7-8-16-10-15)14(20)17-12(9-11(2)3)13(19)18(4)5/h11-12,16H,6-10H2,1-5H3,(H,17,20). The Labute approximate surface area is 122 Å². The number of hydrogen-bond acceptors (Lipinski definition) is 3. The van der Waals surface area contributed by atoms with E-state index in [1.165, 1.54) is 0 Å². The first-order valence-electron chi connectivity index (χ1n) is 7.55. The number of carbonyl (C=O) groups excluding carboxylic acids is 2. The highest BCUT2D eigenvalue weighted by Gasteiger charge is 2.41. The molecule has 1 aliphatic heterocycles. The Hall–Kier alpha value is -1.10. The van der Waals surface area contributed by atoms with Crippen molar-refractivity contribution < 1.29 is 9.59 Å². The van der Waals surface area contributed by atoms with Gasteiger partial charge in [-0.25, -0.2) is 0 Å². The predicted octanol–water partition coefficient (Wildman–Crippen LogP) is 0.995. The Morgan fingerprint density at radius 1 is 1.35 bits per heavy atom. The van der Waals surface area contributed by atoms with E-state index in [2.05, 4.69) is 24.5 Å². The van der Waals surface area contributed by atoms with Crippen LogP contribution in [0.5, 0.6) is 0 Å². The Morgan fingerprint density at radius 2 is 2.00 bits per heavy atom. The van der Waals surface area contributed by atoms with Gasteiger partial charge in [-0.3, -0.25) is 9.59 Å². The normalized spacial score (nSPS) is 23.7. The van der Waals surface area contributed by atoms with Gasteiger partial charge in [0.05, 0.1) is 5.41 Å². The van der Waals surface area contributed by atoms with E-state index in [1.807, 2.05) is 6.92 Å². The summed E-state index contributed by atoms with van der Waals surface area (Å²) in [5, 5.41) is 6.25. The van der Waals surface area contributed by atoms with E-state index in [-0.39, 0.29) is 17.2 Å². The lowest BCUT2D eigenvalue weighted by atomic mass is 9.83. The minimum atomic E-state index is -0.415. The van der Waals surface area contributed by atoms with E-state index in [1.54, 1.807) is 19.0 Å². The number of nitrogens with zero attached hydrogens (tertiary/aromatic N) is 1. The smallest absolute Gasteiger partial charge is 0.244 e. The quantitative estimate of drug-likeness (QED) is 0.764. The molecule has 2 amide bonds. The van der Waals surface area contributed by atoms with Crippen molar-refractivity contribution >= 4 is 11.8 Å². The second-order valence-corrected chi connectivity index (χ2v) is 6.45. The van der Waals surface area contributed by atoms with Crippen LogP contribution in [0.4, 0.5) is 0 Å². The van der Waals surface area contributed by atoms with E-state index in [0.29, 0.717) is 18.9 Å². The highest BCUT2D eigenvalue weighted by molar-refractivity contribution is 5.90. The monoisotopic (exact) mass is 283 g/mol. The lowest BCUT2D eigenvalue weighted by Gasteiger charge is -2.30. The van der Waals surface area contributed by atoms with Crippen LogP contribution in [0.1, 0.15) is 40.0 Å². The molecule has 0 radical (unpaired) electrons. The minimum absolute atomic E-state index is 0.0193. The van der Waals surface area contributed by atoms with Crippen LogP contribution in [-0.2, 0) is 9.59 Å². The lowest BCUT2D eigenvalue weighted by molar-refractivity contribution is -0.138. The summed E-state index contributed by atoms with van der Waals surface area (Å²) in [4.78, 5) is 26.4. The van der Waals surface area contributed by atoms with Crippen LogP contribution >= 0.6 is 0 Å². The van der Waals surface area contributed by atoms with Crippen LogP contribution in [-0.4, -0.2) is 49.9 Å². The molecular weight excluding hydrogens is 254 g/mol. The van der Waals surface area contributed by atoms with Gasteiger partial charge in [0.25, 0.3) is 0 Å². The zero-order valence-electron chi connectivity index (χ0n) is 13.5. The second-order valence-electron chi connectivity index (χ2n) is 6.45. The Kier molecular flexibility index (Phi) is 5.99. The zero-order chi connectivity index (χ0) is 15.3. The summed E-state index contributed by atoms with van der Waals surface area (Å²) < 4.78 is 0. The molecule has 2 atom stereocenters. The minimum Gasteiger partial charge on any atom is -0.347 e. The maximum atomic E-state index is 12.6. The van der Waals surface area contributed by atoms with Gasteiger partial charge in [0, 0.05) is 20.6 Å². The van der Waals surface area contributed by atoms with Crippen molar-refractivity contribution in [1.29, 1.82) is 0 Å². The number of nitrogens with one attached hydrogen (secondary N) is 2. The van der Waals surface area contributed by atoms with Gasteiger partial charge < -0.3 is 15.5 Å². The fourth-order valence-electron chi connectivity index (χ4n) is 2.72. The topological polar surface area (TPSA) is 61.4 Å². The van der Waals surface area contributed by atoms with Gasteiger partial charge in [0.15, 0.2) is 0 Å². The zero-order valence-corrected chi connectivity index (χ0v) is 13.5. The summed E-state index contributed by atoms with van der Waals surface area (Å²) >= 11 is 0. The molecule has 1 aliphatic rings. The number of rotatable bonds is 6. The molecule has 1 saturated heterocycles. The molecule has 0 aliphatic carbocycles. The molecular formula is C15H29N3O2. The maximum absolute atomic E-state index is 12.6. The predicted molar refractivity (Wildman–Crippen MR) is 80.3 cm³/mol. The number of amides is 2. The summed E-state index contributed by atoms with van der Waals surface area (Å²) in [6, 6.07) is -0.415. The first kappa shape index (κ1) is 17.0. The summed E-state index contributed by atoms with van der Waals surface area (Å²) in [5.74, 6) is 0.360. The van der Waals surface area contributed by atoms with Gasteiger partial charge in [-0.1, -0.05) is 20.8 Å². The fourth-order valence-corrected chi connectivity index (χ4v) is 2.72. The third-order valence-corrected chi connectivity index (χ3v) is 4.15. The molecule has 0 aromatic carbocycles. The molecule has 2 N–H and O–H groups in total. The average Bonchev–Trinajstić information content (AvgIpc) is 2.86. The Balaban J connectivity index is 2.78. The SMILES string of the molecule is CCC1(C(=O)NC(CC(C)C)C(=O)N(C)C)CCNC1. The largest absolute Gasteiger partial charge is 0.347 e. The van der Waals surface area contributed by atoms with E-state index in [4.69, 9.17) is 0 Å². The molecule has 5 nitrogen and oxygen atoms in total. The molecule has 0 aromatic rings. The summed E-state index contributed by atoms with van der Waals surface area (Å²) in [6.07, 6.45) is 2.33. The van der Waals surface area contributed by atoms with Gasteiger partial charge in [-0.15, -0.1) is 0 Å². The van der Waals surface area contributed by atoms with Crippen molar-refractivity contribution in [3.63, 3.8) is 0 Å². The van der Waals surface area contributed by atoms with Gasteiger partial charge >= 0.3 is 0 Å². The van der Waals surface area contributed by atoms with Crippen LogP contribution in [0.2, 0.25) is 0 Å². The number of carbonyl (C=O) groups is 2. The van der Waals surface area contributed by atoms with E-state index < -0.39 is 6.04 Å². The summed E-state index contributed by atoms with van der Waals surface area (Å²) in [6.45, 7) is 7.75. The van der Waals surface area contributed by atoms with E-state index in [0.717, 1.165) is 19.4 Å². The molecule has 2 unspecified atom stereocenters. The van der Waals surface area contributed by atoms with Crippen molar-refractivity contribution in [2.45, 2.75) is 46.1 Å². The molecule has 0 bridgehead atoms. The maximum Gasteiger partial charge on any atom is 0.244 e. The van der Waals surface area contributed by atoms with Crippen molar-refractivity contribution in [3.05, 3.63) is 0 Å². The van der Waals surface area contributed by atoms with Gasteiger partial charge in [0.2, 0.25) is 11.8 Å². The third-order valence-electron chi connectivity index (χ3n) is 4.15. The van der Waals surface area contributed by atoms with Crippen LogP contribution in [0.15, 0.2) is 0 Å². The first-order valence-corrected chi connectivity index (χ1v) is 7.55. The van der Waals surface area contributed by atoms with Crippen LogP contribution < -0.4 is 10.6 Å². The van der Waals surface area contributed by atoms with Crippen LogP contribution in [0, 0.1) is 11.3 Å². The average molecular weight is 283 g/mol. The van der Waals surface area contributed by atoms with Crippen molar-refractivity contribution in [3.8, 4) is 0 Å². The summed E-state index contributed by atoms with van der Waals surface area (Å²) in [7, 11) is 3.46. The van der Waals surface area contributed by atoms with E-state index >= 15 is 0 Å². The molecule has 0 aromatic heterocycles. The molecule has 1 rings (SSSR count). The van der Waals surface area contributed by atoms with Crippen LogP contribution in [0.3, 0.4) is 0 Å². The molecule has 0 saturated carbocycles. The molecule has 5 heteroatoms. The third kappa shape index (κ3) is 3.95. The second kappa shape index (κ2) is 7.07. The number of likely N-dealkylation sites (N-methyl/N-ethyl adjacent to an activating group) is 1. The van der Waals surface area contributed by atoms with Gasteiger partial charge in [0.1, 0.15) is 6.04 Å². The summed E-state index contributed by atoms with van der Waals surface area (Å²) in [5.41, 5.74) is -0.345. The van der Waals surface area contributed by atoms with Gasteiger partial charge in [-0.05, 0) is 31.7 Å². The van der Waals surface area contributed by atoms with Crippen molar-refractivity contribution in [1.82, 2.24) is 15.5 Å². The Morgan fingerprint density at radius 3 is 2.40 bits per heavy atom. The number of hydrogen-bond donors (Lipinski definition) is 2. The van der Waals surface area contributed by atoms with Crippen molar-refractivity contribution in [2.75, 3.05) is 27.2 Å². The first-order chi connectivity index (χ1) is 9.32. The Bertz CT molecular complexity index is 347. The molecule has 1 heterocycles. The van der Waals surface area contributed by atoms with E-state index in [9.17, 15) is 9.59 Å².